The quantitative estimate of drug-likeness (QED) is 0.0999. The van der Waals surface area contributed by atoms with Crippen LogP contribution in [0.4, 0.5) is 26.3 Å². The number of alkyl halides is 6. The molecule has 2 aliphatic carbocycles. The van der Waals surface area contributed by atoms with Crippen LogP contribution in [0.5, 0.6) is 0 Å². The Morgan fingerprint density at radius 2 is 0.917 bits per heavy atom. The van der Waals surface area contributed by atoms with Crippen molar-refractivity contribution >= 4 is 52.3 Å². The van der Waals surface area contributed by atoms with Gasteiger partial charge < -0.3 is 0 Å². The number of rotatable bonds is 9. The van der Waals surface area contributed by atoms with Gasteiger partial charge in [-0.2, -0.15) is 0 Å². The van der Waals surface area contributed by atoms with Gasteiger partial charge in [0.05, 0.1) is 0 Å². The standard InChI is InChI=1S/2C19H16F3.C12H9Si.2ClH.Zr/c2*1-2-6-13-11-14-7-5-9-15(17(14)12-13)16-8-3-4-10-18(16)19(20,21)22;1-3-7-11-9(5-1)10-6-2-4-8-12(10)13-11;;;/h2*3-5,7-12H,2,6H2,1H3;1-7H,13H2;2*1H;/q;;;;;+2/p-2. The van der Waals surface area contributed by atoms with Crippen molar-refractivity contribution in [1.29, 1.82) is 0 Å². The van der Waals surface area contributed by atoms with Gasteiger partial charge in [0, 0.05) is 0 Å². The van der Waals surface area contributed by atoms with Crippen LogP contribution in [0.15, 0.2) is 139 Å². The molecule has 6 aromatic rings. The van der Waals surface area contributed by atoms with Gasteiger partial charge in [0.1, 0.15) is 0 Å². The second-order valence-corrected chi connectivity index (χ2v) is 38.8. The van der Waals surface area contributed by atoms with Gasteiger partial charge >= 0.3 is 360 Å². The third-order valence-corrected chi connectivity index (χ3v) is 35.6. The Labute approximate surface area is 357 Å². The van der Waals surface area contributed by atoms with E-state index in [0.717, 1.165) is 61.6 Å². The molecule has 0 bridgehead atoms. The van der Waals surface area contributed by atoms with Gasteiger partial charge in [0.15, 0.2) is 0 Å². The summed E-state index contributed by atoms with van der Waals surface area (Å²) in [5.41, 5.74) is 6.88. The van der Waals surface area contributed by atoms with E-state index in [4.69, 9.17) is 17.0 Å². The van der Waals surface area contributed by atoms with Crippen molar-refractivity contribution in [3.05, 3.63) is 172 Å². The Hall–Kier alpha value is -3.94. The zero-order valence-corrected chi connectivity index (χ0v) is 38.4. The Morgan fingerprint density at radius 3 is 1.40 bits per heavy atom. The van der Waals surface area contributed by atoms with E-state index in [9.17, 15) is 26.3 Å². The maximum absolute atomic E-state index is 14.7. The van der Waals surface area contributed by atoms with E-state index in [1.807, 2.05) is 36.4 Å². The summed E-state index contributed by atoms with van der Waals surface area (Å²) in [6.45, 7) is 4.16. The van der Waals surface area contributed by atoms with Crippen LogP contribution in [-0.2, 0) is 28.7 Å². The van der Waals surface area contributed by atoms with Gasteiger partial charge in [0.25, 0.3) is 0 Å². The van der Waals surface area contributed by atoms with Crippen LogP contribution in [0.25, 0.3) is 45.5 Å². The second-order valence-electron chi connectivity index (χ2n) is 16.3. The predicted molar refractivity (Wildman–Crippen MR) is 236 cm³/mol. The number of fused-ring (bicyclic) bond motifs is 5. The molecule has 0 radical (unpaired) electrons. The summed E-state index contributed by atoms with van der Waals surface area (Å²) >= 11 is -6.08. The van der Waals surface area contributed by atoms with Crippen molar-refractivity contribution in [3.63, 3.8) is 0 Å². The molecule has 0 N–H and O–H groups in total. The molecule has 0 saturated heterocycles. The molecular formula is C50H41Cl2F6SiZr. The first-order valence-corrected chi connectivity index (χ1v) is 32.3. The maximum atomic E-state index is 14.7. The Morgan fingerprint density at radius 1 is 0.500 bits per heavy atom. The van der Waals surface area contributed by atoms with E-state index < -0.39 is 56.6 Å². The van der Waals surface area contributed by atoms with Gasteiger partial charge in [-0.3, -0.25) is 0 Å². The zero-order chi connectivity index (χ0) is 42.2. The summed E-state index contributed by atoms with van der Waals surface area (Å²) in [5, 5.41) is 2.47. The molecule has 0 aromatic heterocycles. The van der Waals surface area contributed by atoms with Gasteiger partial charge in [-0.15, -0.1) is 0 Å². The summed E-state index contributed by atoms with van der Waals surface area (Å²) in [4.78, 5) is 0. The molecule has 0 saturated carbocycles. The number of hydrogen-bond donors (Lipinski definition) is 0. The van der Waals surface area contributed by atoms with Crippen molar-refractivity contribution in [2.45, 2.75) is 59.1 Å². The second kappa shape index (κ2) is 15.1. The average Bonchev–Trinajstić information content (AvgIpc) is 3.92. The van der Waals surface area contributed by atoms with E-state index in [1.165, 1.54) is 34.6 Å². The minimum absolute atomic E-state index is 0.0859. The fourth-order valence-corrected chi connectivity index (χ4v) is 38.7. The molecule has 1 aliphatic heterocycles. The Kier molecular flexibility index (Phi) is 10.5. The van der Waals surface area contributed by atoms with Crippen LogP contribution in [0.2, 0.25) is 0 Å². The molecule has 1 heterocycles. The molecule has 3 aliphatic rings. The minimum atomic E-state index is -6.08. The third-order valence-electron chi connectivity index (χ3n) is 12.8. The Balaban J connectivity index is 1.37. The van der Waals surface area contributed by atoms with E-state index in [0.29, 0.717) is 35.1 Å². The van der Waals surface area contributed by atoms with E-state index >= 15 is 0 Å². The third kappa shape index (κ3) is 6.50. The molecule has 2 unspecified atom stereocenters. The summed E-state index contributed by atoms with van der Waals surface area (Å²) < 4.78 is 87.8. The van der Waals surface area contributed by atoms with E-state index in [2.05, 4.69) is 56.3 Å². The van der Waals surface area contributed by atoms with Crippen molar-refractivity contribution in [2.24, 2.45) is 0 Å². The molecule has 0 spiro atoms. The topological polar surface area (TPSA) is 0 Å². The molecule has 2 atom stereocenters. The van der Waals surface area contributed by atoms with Crippen molar-refractivity contribution in [3.8, 4) is 33.4 Å². The SMILES string of the molecule is CCCC1=Cc2c(-c3ccccc3C(F)(F)F)cccc2[CH]1[Zr]([Cl])([Cl])([c]1cccc2c1[SiH2]c1ccccc1-2)[CH]1C(CCC)=Cc2c(-c3ccccc3C(F)(F)F)cccc21. The average molecular weight is 946 g/mol. The molecular weight excluding hydrogens is 905 g/mol. The van der Waals surface area contributed by atoms with Crippen LogP contribution in [0, 0.1) is 0 Å². The van der Waals surface area contributed by atoms with Crippen LogP contribution in [0.3, 0.4) is 0 Å². The predicted octanol–water partition coefficient (Wildman–Crippen LogP) is 13.7. The van der Waals surface area contributed by atoms with Crippen LogP contribution in [-0.4, -0.2) is 9.52 Å². The fraction of sp³-hybridized carbons (Fsp3) is 0.200. The first-order valence-electron chi connectivity index (χ1n) is 20.4. The number of halogens is 8. The fourth-order valence-electron chi connectivity index (χ4n) is 10.7. The van der Waals surface area contributed by atoms with Crippen molar-refractivity contribution < 1.29 is 42.7 Å². The molecule has 60 heavy (non-hydrogen) atoms. The van der Waals surface area contributed by atoms with Gasteiger partial charge in [-0.05, 0) is 0 Å². The summed E-state index contributed by atoms with van der Waals surface area (Å²) in [7, 11) is 17.0. The number of benzene rings is 6. The van der Waals surface area contributed by atoms with Gasteiger partial charge in [-0.1, -0.05) is 0 Å². The first-order chi connectivity index (χ1) is 28.7. The molecule has 9 rings (SSSR count). The molecule has 305 valence electrons. The van der Waals surface area contributed by atoms with E-state index in [1.54, 1.807) is 24.3 Å². The molecule has 0 amide bonds. The number of allylic oxidation sites excluding steroid dienone is 2. The van der Waals surface area contributed by atoms with Crippen LogP contribution in [0.1, 0.15) is 80.2 Å². The van der Waals surface area contributed by atoms with Crippen molar-refractivity contribution in [2.75, 3.05) is 0 Å². The van der Waals surface area contributed by atoms with E-state index in [-0.39, 0.29) is 11.1 Å². The number of hydrogen-bond acceptors (Lipinski definition) is 0. The summed E-state index contributed by atoms with van der Waals surface area (Å²) in [6, 6.07) is 37.1. The Bertz CT molecular complexity index is 2630. The molecule has 10 heteroatoms. The van der Waals surface area contributed by atoms with Gasteiger partial charge in [-0.25, -0.2) is 0 Å². The normalized spacial score (nSPS) is 18.0. The summed E-state index contributed by atoms with van der Waals surface area (Å²) in [5.74, 6) is 0. The monoisotopic (exact) mass is 943 g/mol. The zero-order valence-electron chi connectivity index (χ0n) is 33.0. The molecule has 0 fully saturated rings. The molecule has 0 nitrogen and oxygen atoms in total. The first kappa shape index (κ1) is 41.4. The van der Waals surface area contributed by atoms with Crippen LogP contribution < -0.4 is 13.6 Å². The summed E-state index contributed by atoms with van der Waals surface area (Å²) in [6.07, 6.45) is -2.36. The van der Waals surface area contributed by atoms with Gasteiger partial charge in [0.2, 0.25) is 0 Å². The van der Waals surface area contributed by atoms with Crippen LogP contribution >= 0.6 is 17.0 Å². The van der Waals surface area contributed by atoms with Crippen molar-refractivity contribution in [1.82, 2.24) is 0 Å². The molecule has 6 aromatic carbocycles.